The Kier molecular flexibility index (Phi) is 6.99. The lowest BCUT2D eigenvalue weighted by atomic mass is 10.1. The maximum atomic E-state index is 11.5. The minimum absolute atomic E-state index is 0.261. The number of nitrogens with two attached hydrogens (primary N) is 1. The van der Waals surface area contributed by atoms with E-state index in [0.717, 1.165) is 31.6 Å². The predicted molar refractivity (Wildman–Crippen MR) is 129 cm³/mol. The molecule has 0 unspecified atom stereocenters. The molecule has 0 bridgehead atoms. The summed E-state index contributed by atoms with van der Waals surface area (Å²) in [5.41, 5.74) is 7.47. The van der Waals surface area contributed by atoms with Gasteiger partial charge in [0.1, 0.15) is 10.8 Å². The van der Waals surface area contributed by atoms with E-state index in [4.69, 9.17) is 26.8 Å². The number of primary amides is 1. The summed E-state index contributed by atoms with van der Waals surface area (Å²) >= 11 is 6.30. The molecule has 0 aliphatic carbocycles. The standard InChI is InChI=1S/C23H25ClN6O3/c1-32-19-8-4-3-7-17(19)27-21-16(24)14-26-23(29-21)28-18-10-9-15(13-20(18)33-22(25)31)30-11-5-2-6-12-30/h3-4,7-10,13-14H,2,5-6,11-12H2,1H3,(H2,25,31)(H2,26,27,28,29). The van der Waals surface area contributed by atoms with E-state index >= 15 is 0 Å². The normalized spacial score (nSPS) is 13.3. The van der Waals surface area contributed by atoms with Crippen LogP contribution in [0.15, 0.2) is 48.7 Å². The van der Waals surface area contributed by atoms with Crippen LogP contribution in [0.3, 0.4) is 0 Å². The molecule has 1 saturated heterocycles. The monoisotopic (exact) mass is 468 g/mol. The zero-order valence-electron chi connectivity index (χ0n) is 18.2. The first kappa shape index (κ1) is 22.5. The number of hydrogen-bond acceptors (Lipinski definition) is 8. The second kappa shape index (κ2) is 10.3. The molecule has 4 rings (SSSR count). The quantitative estimate of drug-likeness (QED) is 0.440. The number of amides is 1. The fourth-order valence-corrected chi connectivity index (χ4v) is 3.81. The van der Waals surface area contributed by atoms with Gasteiger partial charge in [0.15, 0.2) is 11.6 Å². The molecule has 9 nitrogen and oxygen atoms in total. The second-order valence-electron chi connectivity index (χ2n) is 7.49. The molecule has 1 aliphatic heterocycles. The van der Waals surface area contributed by atoms with Crippen molar-refractivity contribution in [3.63, 3.8) is 0 Å². The van der Waals surface area contributed by atoms with E-state index in [-0.39, 0.29) is 5.95 Å². The average Bonchev–Trinajstić information content (AvgIpc) is 2.83. The van der Waals surface area contributed by atoms with E-state index in [1.807, 2.05) is 36.4 Å². The zero-order chi connectivity index (χ0) is 23.2. The number of methoxy groups -OCH3 is 1. The van der Waals surface area contributed by atoms with Crippen molar-refractivity contribution in [1.29, 1.82) is 0 Å². The van der Waals surface area contributed by atoms with Crippen LogP contribution in [-0.4, -0.2) is 36.3 Å². The molecule has 1 aromatic heterocycles. The fourth-order valence-electron chi connectivity index (χ4n) is 3.67. The Hall–Kier alpha value is -3.72. The Morgan fingerprint density at radius 3 is 2.58 bits per heavy atom. The van der Waals surface area contributed by atoms with Crippen LogP contribution >= 0.6 is 11.6 Å². The van der Waals surface area contributed by atoms with Crippen LogP contribution in [0.1, 0.15) is 19.3 Å². The van der Waals surface area contributed by atoms with E-state index in [2.05, 4.69) is 25.5 Å². The van der Waals surface area contributed by atoms with Gasteiger partial charge in [-0.05, 0) is 43.5 Å². The molecule has 1 amide bonds. The second-order valence-corrected chi connectivity index (χ2v) is 7.90. The SMILES string of the molecule is COc1ccccc1Nc1nc(Nc2ccc(N3CCCCC3)cc2OC(N)=O)ncc1Cl. The molecule has 3 aromatic rings. The third kappa shape index (κ3) is 5.56. The van der Waals surface area contributed by atoms with Crippen molar-refractivity contribution in [2.24, 2.45) is 5.73 Å². The number of anilines is 5. The highest BCUT2D eigenvalue weighted by atomic mass is 35.5. The number of nitrogens with one attached hydrogen (secondary N) is 2. The number of rotatable bonds is 7. The Labute approximate surface area is 196 Å². The van der Waals surface area contributed by atoms with Gasteiger partial charge in [-0.25, -0.2) is 9.78 Å². The number of nitrogens with zero attached hydrogens (tertiary/aromatic N) is 3. The topological polar surface area (TPSA) is 115 Å². The lowest BCUT2D eigenvalue weighted by Crippen LogP contribution is -2.29. The fraction of sp³-hybridized carbons (Fsp3) is 0.261. The van der Waals surface area contributed by atoms with Gasteiger partial charge in [0.2, 0.25) is 5.95 Å². The Morgan fingerprint density at radius 2 is 1.82 bits per heavy atom. The minimum atomic E-state index is -0.899. The molecule has 10 heteroatoms. The number of piperidine rings is 1. The lowest BCUT2D eigenvalue weighted by Gasteiger charge is -2.29. The molecule has 1 fully saturated rings. The maximum Gasteiger partial charge on any atom is 0.410 e. The van der Waals surface area contributed by atoms with E-state index in [1.54, 1.807) is 13.2 Å². The molecule has 33 heavy (non-hydrogen) atoms. The third-order valence-electron chi connectivity index (χ3n) is 5.25. The van der Waals surface area contributed by atoms with Crippen molar-refractivity contribution in [2.45, 2.75) is 19.3 Å². The summed E-state index contributed by atoms with van der Waals surface area (Å²) in [5, 5.41) is 6.58. The third-order valence-corrected chi connectivity index (χ3v) is 5.52. The molecule has 0 spiro atoms. The van der Waals surface area contributed by atoms with Gasteiger partial charge in [0.05, 0.1) is 24.7 Å². The van der Waals surface area contributed by atoms with Gasteiger partial charge in [-0.2, -0.15) is 4.98 Å². The average molecular weight is 469 g/mol. The molecule has 4 N–H and O–H groups in total. The highest BCUT2D eigenvalue weighted by Gasteiger charge is 2.16. The molecule has 0 saturated carbocycles. The number of para-hydroxylation sites is 2. The van der Waals surface area contributed by atoms with Crippen molar-refractivity contribution in [1.82, 2.24) is 9.97 Å². The van der Waals surface area contributed by atoms with Crippen molar-refractivity contribution >= 4 is 46.5 Å². The highest BCUT2D eigenvalue weighted by Crippen LogP contribution is 2.34. The Morgan fingerprint density at radius 1 is 1.06 bits per heavy atom. The molecular formula is C23H25ClN6O3. The van der Waals surface area contributed by atoms with Crippen LogP contribution in [0.2, 0.25) is 5.02 Å². The lowest BCUT2D eigenvalue weighted by molar-refractivity contribution is 0.211. The van der Waals surface area contributed by atoms with E-state index in [1.165, 1.54) is 12.6 Å². The summed E-state index contributed by atoms with van der Waals surface area (Å²) in [6.07, 6.45) is 4.06. The van der Waals surface area contributed by atoms with E-state index in [9.17, 15) is 4.79 Å². The van der Waals surface area contributed by atoms with Crippen molar-refractivity contribution in [3.8, 4) is 11.5 Å². The summed E-state index contributed by atoms with van der Waals surface area (Å²) in [6.45, 7) is 1.92. The van der Waals surface area contributed by atoms with Crippen molar-refractivity contribution < 1.29 is 14.3 Å². The molecule has 172 valence electrons. The molecule has 2 heterocycles. The van der Waals surface area contributed by atoms with Crippen molar-refractivity contribution in [3.05, 3.63) is 53.7 Å². The molecule has 1 aliphatic rings. The molecule has 0 radical (unpaired) electrons. The van der Waals surface area contributed by atoms with Crippen LogP contribution in [0.5, 0.6) is 11.5 Å². The van der Waals surface area contributed by atoms with Gasteiger partial charge >= 0.3 is 6.09 Å². The molecular weight excluding hydrogens is 444 g/mol. The van der Waals surface area contributed by atoms with Crippen LogP contribution in [0, 0.1) is 0 Å². The van der Waals surface area contributed by atoms with Crippen LogP contribution < -0.4 is 30.7 Å². The Balaban J connectivity index is 1.60. The summed E-state index contributed by atoms with van der Waals surface area (Å²) in [4.78, 5) is 22.5. The molecule has 2 aromatic carbocycles. The van der Waals surface area contributed by atoms with Crippen LogP contribution in [0.4, 0.5) is 33.6 Å². The first-order valence-corrected chi connectivity index (χ1v) is 11.0. The number of hydrogen-bond donors (Lipinski definition) is 3. The van der Waals surface area contributed by atoms with Crippen LogP contribution in [-0.2, 0) is 0 Å². The smallest absolute Gasteiger partial charge is 0.410 e. The summed E-state index contributed by atoms with van der Waals surface area (Å²) in [7, 11) is 1.59. The number of halogens is 1. The van der Waals surface area contributed by atoms with Gasteiger partial charge in [0, 0.05) is 24.8 Å². The zero-order valence-corrected chi connectivity index (χ0v) is 18.9. The summed E-state index contributed by atoms with van der Waals surface area (Å²) in [6, 6.07) is 13.0. The number of ether oxygens (including phenoxy) is 2. The number of carbonyl (C=O) groups excluding carboxylic acids is 1. The first-order chi connectivity index (χ1) is 16.0. The van der Waals surface area contributed by atoms with Gasteiger partial charge < -0.3 is 30.7 Å². The Bertz CT molecular complexity index is 1140. The predicted octanol–water partition coefficient (Wildman–Crippen LogP) is 5.07. The maximum absolute atomic E-state index is 11.5. The van der Waals surface area contributed by atoms with Crippen LogP contribution in [0.25, 0.3) is 0 Å². The molecule has 0 atom stereocenters. The number of carbonyl (C=O) groups is 1. The number of benzene rings is 2. The van der Waals surface area contributed by atoms with Crippen molar-refractivity contribution in [2.75, 3.05) is 35.7 Å². The summed E-state index contributed by atoms with van der Waals surface area (Å²) < 4.78 is 10.6. The van der Waals surface area contributed by atoms with Gasteiger partial charge in [0.25, 0.3) is 0 Å². The highest BCUT2D eigenvalue weighted by molar-refractivity contribution is 6.32. The number of aromatic nitrogens is 2. The largest absolute Gasteiger partial charge is 0.495 e. The summed E-state index contributed by atoms with van der Waals surface area (Å²) in [5.74, 6) is 1.59. The van der Waals surface area contributed by atoms with E-state index in [0.29, 0.717) is 33.7 Å². The van der Waals surface area contributed by atoms with E-state index < -0.39 is 6.09 Å². The van der Waals surface area contributed by atoms with Gasteiger partial charge in [-0.1, -0.05) is 23.7 Å². The minimum Gasteiger partial charge on any atom is -0.495 e. The van der Waals surface area contributed by atoms with Gasteiger partial charge in [-0.3, -0.25) is 0 Å². The van der Waals surface area contributed by atoms with Gasteiger partial charge in [-0.15, -0.1) is 0 Å². The first-order valence-electron chi connectivity index (χ1n) is 10.6.